The number of fused-ring (bicyclic) bond motifs is 1. The monoisotopic (exact) mass is 169 g/mol. The van der Waals surface area contributed by atoms with Crippen molar-refractivity contribution in [3.05, 3.63) is 47.6 Å². The first-order valence-corrected chi connectivity index (χ1v) is 4.34. The van der Waals surface area contributed by atoms with Crippen molar-refractivity contribution in [3.63, 3.8) is 0 Å². The topological polar surface area (TPSA) is 12.4 Å². The smallest absolute Gasteiger partial charge is 0.0702 e. The van der Waals surface area contributed by atoms with Crippen LogP contribution in [-0.4, -0.2) is 6.21 Å². The van der Waals surface area contributed by atoms with E-state index in [0.29, 0.717) is 0 Å². The zero-order valence-corrected chi connectivity index (χ0v) is 7.57. The number of aliphatic imine (C=N–C) groups is 1. The number of allylic oxidation sites excluding steroid dienone is 3. The Morgan fingerprint density at radius 3 is 2.92 bits per heavy atom. The van der Waals surface area contributed by atoms with E-state index in [1.807, 2.05) is 30.5 Å². The summed E-state index contributed by atoms with van der Waals surface area (Å²) in [5.41, 5.74) is 3.46. The Balaban J connectivity index is 2.58. The van der Waals surface area contributed by atoms with Crippen LogP contribution >= 0.6 is 0 Å². The first-order chi connectivity index (χ1) is 6.36. The molecule has 0 unspecified atom stereocenters. The number of hydrogen-bond acceptors (Lipinski definition) is 1. The molecule has 1 aromatic carbocycles. The molecular formula is C12H11N. The fraction of sp³-hybridized carbons (Fsp3) is 0.0833. The van der Waals surface area contributed by atoms with Gasteiger partial charge in [0, 0.05) is 11.8 Å². The third-order valence-corrected chi connectivity index (χ3v) is 1.98. The molecule has 64 valence electrons. The van der Waals surface area contributed by atoms with Crippen LogP contribution in [0.1, 0.15) is 12.5 Å². The van der Waals surface area contributed by atoms with Gasteiger partial charge in [0.2, 0.25) is 0 Å². The van der Waals surface area contributed by atoms with Crippen molar-refractivity contribution in [3.8, 4) is 0 Å². The summed E-state index contributed by atoms with van der Waals surface area (Å²) in [5.74, 6) is 0. The minimum atomic E-state index is 1.03. The molecule has 13 heavy (non-hydrogen) atoms. The summed E-state index contributed by atoms with van der Waals surface area (Å²) < 4.78 is 0. The van der Waals surface area contributed by atoms with E-state index in [1.54, 1.807) is 0 Å². The molecule has 0 atom stereocenters. The molecule has 0 fully saturated rings. The molecule has 0 saturated heterocycles. The van der Waals surface area contributed by atoms with Crippen molar-refractivity contribution in [2.75, 3.05) is 0 Å². The Morgan fingerprint density at radius 2 is 2.00 bits per heavy atom. The number of hydrogen-bond donors (Lipinski definition) is 0. The first kappa shape index (κ1) is 7.99. The van der Waals surface area contributed by atoms with Crippen molar-refractivity contribution >= 4 is 18.0 Å². The molecule has 0 N–H and O–H groups in total. The lowest BCUT2D eigenvalue weighted by Gasteiger charge is -2.02. The second kappa shape index (κ2) is 3.40. The lowest BCUT2D eigenvalue weighted by Crippen LogP contribution is -1.80. The van der Waals surface area contributed by atoms with Crippen LogP contribution in [0.2, 0.25) is 0 Å². The second-order valence-electron chi connectivity index (χ2n) is 3.08. The highest BCUT2D eigenvalue weighted by atomic mass is 14.7. The van der Waals surface area contributed by atoms with Crippen molar-refractivity contribution < 1.29 is 0 Å². The van der Waals surface area contributed by atoms with Gasteiger partial charge in [-0.3, -0.25) is 4.99 Å². The SMILES string of the molecule is CC1=Cc2ccccc2N=CC=C1. The predicted molar refractivity (Wildman–Crippen MR) is 57.4 cm³/mol. The molecule has 1 nitrogen and oxygen atoms in total. The van der Waals surface area contributed by atoms with Crippen LogP contribution < -0.4 is 0 Å². The highest BCUT2D eigenvalue weighted by Crippen LogP contribution is 2.22. The lowest BCUT2D eigenvalue weighted by atomic mass is 10.1. The van der Waals surface area contributed by atoms with Gasteiger partial charge in [-0.25, -0.2) is 0 Å². The van der Waals surface area contributed by atoms with Crippen LogP contribution in [-0.2, 0) is 0 Å². The lowest BCUT2D eigenvalue weighted by molar-refractivity contribution is 1.47. The molecule has 1 aromatic rings. The van der Waals surface area contributed by atoms with Gasteiger partial charge in [-0.1, -0.05) is 29.8 Å². The Morgan fingerprint density at radius 1 is 1.15 bits per heavy atom. The molecule has 0 radical (unpaired) electrons. The number of nitrogens with zero attached hydrogens (tertiary/aromatic N) is 1. The van der Waals surface area contributed by atoms with Crippen LogP contribution in [0.15, 0.2) is 47.0 Å². The highest BCUT2D eigenvalue weighted by Gasteiger charge is 1.97. The van der Waals surface area contributed by atoms with E-state index in [1.165, 1.54) is 11.1 Å². The van der Waals surface area contributed by atoms with Crippen molar-refractivity contribution in [2.45, 2.75) is 6.92 Å². The first-order valence-electron chi connectivity index (χ1n) is 4.34. The zero-order valence-electron chi connectivity index (χ0n) is 7.57. The van der Waals surface area contributed by atoms with Gasteiger partial charge < -0.3 is 0 Å². The summed E-state index contributed by atoms with van der Waals surface area (Å²) in [6, 6.07) is 8.14. The largest absolute Gasteiger partial charge is 0.256 e. The summed E-state index contributed by atoms with van der Waals surface area (Å²) in [7, 11) is 0. The number of benzene rings is 1. The van der Waals surface area contributed by atoms with Crippen molar-refractivity contribution in [1.82, 2.24) is 0 Å². The molecule has 1 heterocycles. The minimum Gasteiger partial charge on any atom is -0.256 e. The summed E-state index contributed by atoms with van der Waals surface area (Å²) in [4.78, 5) is 4.32. The average Bonchev–Trinajstić information content (AvgIpc) is 2.11. The quantitative estimate of drug-likeness (QED) is 0.564. The Hall–Kier alpha value is -1.63. The fourth-order valence-electron chi connectivity index (χ4n) is 1.34. The van der Waals surface area contributed by atoms with Crippen LogP contribution in [0.5, 0.6) is 0 Å². The average molecular weight is 169 g/mol. The van der Waals surface area contributed by atoms with Gasteiger partial charge in [0.1, 0.15) is 0 Å². The van der Waals surface area contributed by atoms with E-state index in [-0.39, 0.29) is 0 Å². The molecule has 1 aliphatic heterocycles. The van der Waals surface area contributed by atoms with Crippen LogP contribution in [0.3, 0.4) is 0 Å². The maximum atomic E-state index is 4.32. The highest BCUT2D eigenvalue weighted by molar-refractivity contribution is 5.80. The molecule has 2 rings (SSSR count). The molecule has 0 bridgehead atoms. The molecule has 1 aliphatic rings. The molecule has 0 spiro atoms. The van der Waals surface area contributed by atoms with E-state index < -0.39 is 0 Å². The van der Waals surface area contributed by atoms with Crippen molar-refractivity contribution in [1.29, 1.82) is 0 Å². The van der Waals surface area contributed by atoms with Gasteiger partial charge in [-0.15, -0.1) is 0 Å². The zero-order chi connectivity index (χ0) is 9.10. The van der Waals surface area contributed by atoms with Crippen LogP contribution in [0.4, 0.5) is 5.69 Å². The molecule has 0 aromatic heterocycles. The Bertz CT molecular complexity index is 397. The maximum absolute atomic E-state index is 4.32. The van der Waals surface area contributed by atoms with Crippen molar-refractivity contribution in [2.24, 2.45) is 4.99 Å². The predicted octanol–water partition coefficient (Wildman–Crippen LogP) is 3.36. The summed E-state index contributed by atoms with van der Waals surface area (Å²) in [6.07, 6.45) is 7.98. The Labute approximate surface area is 78.1 Å². The van der Waals surface area contributed by atoms with E-state index in [0.717, 1.165) is 5.69 Å². The van der Waals surface area contributed by atoms with Crippen LogP contribution in [0.25, 0.3) is 6.08 Å². The molecule has 0 saturated carbocycles. The third kappa shape index (κ3) is 1.75. The summed E-state index contributed by atoms with van der Waals surface area (Å²) >= 11 is 0. The third-order valence-electron chi connectivity index (χ3n) is 1.98. The number of rotatable bonds is 0. The van der Waals surface area contributed by atoms with Gasteiger partial charge in [0.15, 0.2) is 0 Å². The van der Waals surface area contributed by atoms with Crippen LogP contribution in [0, 0.1) is 0 Å². The molecular weight excluding hydrogens is 158 g/mol. The van der Waals surface area contributed by atoms with E-state index in [2.05, 4.69) is 30.1 Å². The van der Waals surface area contributed by atoms with Gasteiger partial charge >= 0.3 is 0 Å². The van der Waals surface area contributed by atoms with Gasteiger partial charge in [-0.2, -0.15) is 0 Å². The van der Waals surface area contributed by atoms with E-state index in [4.69, 9.17) is 0 Å². The minimum absolute atomic E-state index is 1.03. The standard InChI is InChI=1S/C12H11N/c1-10-5-4-8-13-12-7-3-2-6-11(12)9-10/h2-9H,1H3. The molecule has 1 heteroatoms. The number of para-hydroxylation sites is 1. The second-order valence-corrected chi connectivity index (χ2v) is 3.08. The summed E-state index contributed by atoms with van der Waals surface area (Å²) in [5, 5.41) is 0. The van der Waals surface area contributed by atoms with Gasteiger partial charge in [0.05, 0.1) is 5.69 Å². The normalized spacial score (nSPS) is 14.4. The van der Waals surface area contributed by atoms with Gasteiger partial charge in [0.25, 0.3) is 0 Å². The maximum Gasteiger partial charge on any atom is 0.0702 e. The Kier molecular flexibility index (Phi) is 2.09. The van der Waals surface area contributed by atoms with Gasteiger partial charge in [-0.05, 0) is 25.1 Å². The van der Waals surface area contributed by atoms with E-state index >= 15 is 0 Å². The van der Waals surface area contributed by atoms with E-state index in [9.17, 15) is 0 Å². The molecule has 0 amide bonds. The molecule has 0 aliphatic carbocycles. The summed E-state index contributed by atoms with van der Waals surface area (Å²) in [6.45, 7) is 2.09. The fourth-order valence-corrected chi connectivity index (χ4v) is 1.34.